The van der Waals surface area contributed by atoms with E-state index in [1.165, 1.54) is 6.08 Å². The molecule has 3 rings (SSSR count). The second-order valence-electron chi connectivity index (χ2n) is 5.90. The summed E-state index contributed by atoms with van der Waals surface area (Å²) in [6.07, 6.45) is 5.65. The Morgan fingerprint density at radius 1 is 1.12 bits per heavy atom. The van der Waals surface area contributed by atoms with Gasteiger partial charge in [-0.3, -0.25) is 9.59 Å². The molecule has 25 heavy (non-hydrogen) atoms. The third-order valence-corrected chi connectivity index (χ3v) is 4.41. The van der Waals surface area contributed by atoms with Gasteiger partial charge in [-0.05, 0) is 48.7 Å². The fourth-order valence-electron chi connectivity index (χ4n) is 2.79. The first kappa shape index (κ1) is 17.2. The zero-order valence-corrected chi connectivity index (χ0v) is 14.5. The number of amides is 2. The number of piperidine rings is 1. The molecule has 0 radical (unpaired) electrons. The van der Waals surface area contributed by atoms with Crippen molar-refractivity contribution in [2.24, 2.45) is 0 Å². The summed E-state index contributed by atoms with van der Waals surface area (Å²) in [5.41, 5.74) is 2.26. The smallest absolute Gasteiger partial charge is 0.248 e. The normalized spacial score (nSPS) is 14.8. The van der Waals surface area contributed by atoms with Crippen molar-refractivity contribution in [2.75, 3.05) is 16.8 Å². The maximum absolute atomic E-state index is 12.1. The van der Waals surface area contributed by atoms with Gasteiger partial charge in [-0.2, -0.15) is 0 Å². The van der Waals surface area contributed by atoms with Gasteiger partial charge in [0.15, 0.2) is 0 Å². The van der Waals surface area contributed by atoms with E-state index in [1.807, 2.05) is 36.4 Å². The average molecular weight is 355 g/mol. The Bertz CT molecular complexity index is 817. The number of carbonyl (C=O) groups excluding carboxylic acids is 2. The van der Waals surface area contributed by atoms with Crippen LogP contribution in [-0.4, -0.2) is 18.4 Å². The molecule has 1 heterocycles. The van der Waals surface area contributed by atoms with E-state index < -0.39 is 0 Å². The van der Waals surface area contributed by atoms with E-state index >= 15 is 0 Å². The number of anilines is 2. The summed E-state index contributed by atoms with van der Waals surface area (Å²) in [4.78, 5) is 25.9. The second-order valence-corrected chi connectivity index (χ2v) is 6.30. The van der Waals surface area contributed by atoms with E-state index in [9.17, 15) is 9.59 Å². The van der Waals surface area contributed by atoms with Crippen LogP contribution in [0, 0.1) is 0 Å². The summed E-state index contributed by atoms with van der Waals surface area (Å²) in [5.74, 6) is -0.115. The summed E-state index contributed by atoms with van der Waals surface area (Å²) >= 11 is 6.07. The highest BCUT2D eigenvalue weighted by atomic mass is 35.5. The fraction of sp³-hybridized carbons (Fsp3) is 0.200. The van der Waals surface area contributed by atoms with Crippen LogP contribution in [-0.2, 0) is 9.59 Å². The van der Waals surface area contributed by atoms with Crippen molar-refractivity contribution in [1.29, 1.82) is 0 Å². The molecule has 4 nitrogen and oxygen atoms in total. The highest BCUT2D eigenvalue weighted by Gasteiger charge is 2.19. The maximum atomic E-state index is 12.1. The molecule has 0 saturated carbocycles. The molecule has 0 unspecified atom stereocenters. The van der Waals surface area contributed by atoms with Crippen molar-refractivity contribution >= 4 is 40.9 Å². The Morgan fingerprint density at radius 2 is 1.96 bits per heavy atom. The van der Waals surface area contributed by atoms with Crippen molar-refractivity contribution < 1.29 is 9.59 Å². The van der Waals surface area contributed by atoms with Crippen LogP contribution in [0.4, 0.5) is 11.4 Å². The minimum Gasteiger partial charge on any atom is -0.322 e. The molecule has 5 heteroatoms. The monoisotopic (exact) mass is 354 g/mol. The first-order valence-electron chi connectivity index (χ1n) is 8.27. The average Bonchev–Trinajstić information content (AvgIpc) is 2.62. The molecule has 1 N–H and O–H groups in total. The van der Waals surface area contributed by atoms with Crippen LogP contribution < -0.4 is 10.2 Å². The van der Waals surface area contributed by atoms with Gasteiger partial charge < -0.3 is 10.2 Å². The predicted octanol–water partition coefficient (Wildman–Crippen LogP) is 4.51. The lowest BCUT2D eigenvalue weighted by molar-refractivity contribution is -0.119. The predicted molar refractivity (Wildman–Crippen MR) is 102 cm³/mol. The summed E-state index contributed by atoms with van der Waals surface area (Å²) < 4.78 is 0. The van der Waals surface area contributed by atoms with Gasteiger partial charge in [0.25, 0.3) is 0 Å². The molecule has 0 spiro atoms. The van der Waals surface area contributed by atoms with Crippen LogP contribution in [0.25, 0.3) is 6.08 Å². The number of hydrogen-bond acceptors (Lipinski definition) is 2. The second kappa shape index (κ2) is 7.99. The zero-order valence-electron chi connectivity index (χ0n) is 13.7. The number of nitrogens with one attached hydrogen (secondary N) is 1. The van der Waals surface area contributed by atoms with Gasteiger partial charge in [0.05, 0.1) is 0 Å². The third kappa shape index (κ3) is 4.48. The van der Waals surface area contributed by atoms with Crippen molar-refractivity contribution in [3.05, 3.63) is 65.2 Å². The van der Waals surface area contributed by atoms with Gasteiger partial charge in [0.1, 0.15) is 0 Å². The highest BCUT2D eigenvalue weighted by Crippen LogP contribution is 2.24. The van der Waals surface area contributed by atoms with Gasteiger partial charge in [0, 0.05) is 35.4 Å². The number of rotatable bonds is 4. The molecular formula is C20H19ClN2O2. The molecule has 0 aliphatic carbocycles. The highest BCUT2D eigenvalue weighted by molar-refractivity contribution is 6.32. The molecule has 0 atom stereocenters. The molecule has 1 aliphatic rings. The zero-order chi connectivity index (χ0) is 17.6. The quantitative estimate of drug-likeness (QED) is 0.821. The first-order valence-corrected chi connectivity index (χ1v) is 8.65. The lowest BCUT2D eigenvalue weighted by Gasteiger charge is -2.27. The Kier molecular flexibility index (Phi) is 5.51. The molecule has 2 amide bonds. The van der Waals surface area contributed by atoms with Gasteiger partial charge in [-0.1, -0.05) is 35.9 Å². The molecule has 2 aromatic carbocycles. The van der Waals surface area contributed by atoms with Gasteiger partial charge in [-0.25, -0.2) is 0 Å². The van der Waals surface area contributed by atoms with E-state index in [4.69, 9.17) is 11.6 Å². The number of nitrogens with zero attached hydrogens (tertiary/aromatic N) is 1. The van der Waals surface area contributed by atoms with Crippen LogP contribution in [0.15, 0.2) is 54.6 Å². The summed E-state index contributed by atoms with van der Waals surface area (Å²) in [6.45, 7) is 0.725. The molecule has 0 bridgehead atoms. The molecule has 0 aromatic heterocycles. The van der Waals surface area contributed by atoms with E-state index in [0.29, 0.717) is 17.1 Å². The molecule has 1 saturated heterocycles. The summed E-state index contributed by atoms with van der Waals surface area (Å²) in [5, 5.41) is 3.41. The largest absolute Gasteiger partial charge is 0.322 e. The Hall–Kier alpha value is -2.59. The van der Waals surface area contributed by atoms with Crippen molar-refractivity contribution in [1.82, 2.24) is 0 Å². The number of hydrogen-bond donors (Lipinski definition) is 1. The molecule has 1 aliphatic heterocycles. The molecule has 2 aromatic rings. The van der Waals surface area contributed by atoms with Crippen LogP contribution in [0.5, 0.6) is 0 Å². The van der Waals surface area contributed by atoms with Gasteiger partial charge >= 0.3 is 0 Å². The maximum Gasteiger partial charge on any atom is 0.248 e. The third-order valence-electron chi connectivity index (χ3n) is 4.07. The molecule has 1 fully saturated rings. The van der Waals surface area contributed by atoms with Crippen molar-refractivity contribution in [3.8, 4) is 0 Å². The van der Waals surface area contributed by atoms with Crippen molar-refractivity contribution in [3.63, 3.8) is 0 Å². The first-order chi connectivity index (χ1) is 12.1. The van der Waals surface area contributed by atoms with E-state index in [-0.39, 0.29) is 11.8 Å². The number of halogens is 1. The minimum atomic E-state index is -0.248. The van der Waals surface area contributed by atoms with Crippen LogP contribution in [0.3, 0.4) is 0 Å². The SMILES string of the molecule is O=C(/C=C/c1ccccc1Cl)Nc1cccc(N2CCCCC2=O)c1. The topological polar surface area (TPSA) is 49.4 Å². The van der Waals surface area contributed by atoms with Crippen molar-refractivity contribution in [2.45, 2.75) is 19.3 Å². The summed E-state index contributed by atoms with van der Waals surface area (Å²) in [6, 6.07) is 14.7. The van der Waals surface area contributed by atoms with Crippen LogP contribution in [0.1, 0.15) is 24.8 Å². The Morgan fingerprint density at radius 3 is 2.76 bits per heavy atom. The van der Waals surface area contributed by atoms with E-state index in [1.54, 1.807) is 23.1 Å². The Labute approximate surface area is 152 Å². The number of benzene rings is 2. The van der Waals surface area contributed by atoms with Gasteiger partial charge in [0.2, 0.25) is 11.8 Å². The fourth-order valence-corrected chi connectivity index (χ4v) is 2.99. The lowest BCUT2D eigenvalue weighted by atomic mass is 10.1. The standard InChI is InChI=1S/C20H19ClN2O2/c21-18-9-2-1-6-15(18)11-12-19(24)22-16-7-5-8-17(14-16)23-13-4-3-10-20(23)25/h1-2,5-9,11-12,14H,3-4,10,13H2,(H,22,24)/b12-11+. The summed E-state index contributed by atoms with van der Waals surface area (Å²) in [7, 11) is 0. The lowest BCUT2D eigenvalue weighted by Crippen LogP contribution is -2.35. The van der Waals surface area contributed by atoms with E-state index in [0.717, 1.165) is 30.6 Å². The van der Waals surface area contributed by atoms with Crippen LogP contribution in [0.2, 0.25) is 5.02 Å². The molecular weight excluding hydrogens is 336 g/mol. The minimum absolute atomic E-state index is 0.133. The van der Waals surface area contributed by atoms with E-state index in [2.05, 4.69) is 5.32 Å². The number of carbonyl (C=O) groups is 2. The Balaban J connectivity index is 1.68. The van der Waals surface area contributed by atoms with Gasteiger partial charge in [-0.15, -0.1) is 0 Å². The van der Waals surface area contributed by atoms with Crippen LogP contribution >= 0.6 is 11.6 Å². The molecule has 128 valence electrons.